The van der Waals surface area contributed by atoms with Gasteiger partial charge >= 0.3 is 0 Å². The third-order valence-electron chi connectivity index (χ3n) is 4.78. The van der Waals surface area contributed by atoms with Gasteiger partial charge in [-0.15, -0.1) is 0 Å². The highest BCUT2D eigenvalue weighted by molar-refractivity contribution is 14.1. The SMILES string of the molecule is Nc1cc(I)c(F)cc1N1CCC(N2CCCCC2)CC1. The van der Waals surface area contributed by atoms with E-state index in [1.54, 1.807) is 12.1 Å². The van der Waals surface area contributed by atoms with Gasteiger partial charge in [0.05, 0.1) is 14.9 Å². The zero-order valence-electron chi connectivity index (χ0n) is 12.3. The zero-order valence-corrected chi connectivity index (χ0v) is 14.5. The number of halogens is 2. The van der Waals surface area contributed by atoms with Gasteiger partial charge in [-0.25, -0.2) is 4.39 Å². The van der Waals surface area contributed by atoms with Crippen molar-refractivity contribution in [1.82, 2.24) is 4.90 Å². The second kappa shape index (κ2) is 6.69. The van der Waals surface area contributed by atoms with Crippen LogP contribution in [0.25, 0.3) is 0 Å². The average Bonchev–Trinajstić information content (AvgIpc) is 2.52. The van der Waals surface area contributed by atoms with E-state index < -0.39 is 0 Å². The number of hydrogen-bond donors (Lipinski definition) is 1. The molecule has 1 aromatic rings. The Kier molecular flexibility index (Phi) is 4.88. The summed E-state index contributed by atoms with van der Waals surface area (Å²) in [5.41, 5.74) is 7.63. The molecule has 0 radical (unpaired) electrons. The number of hydrogen-bond acceptors (Lipinski definition) is 3. The van der Waals surface area contributed by atoms with Crippen molar-refractivity contribution in [2.45, 2.75) is 38.1 Å². The van der Waals surface area contributed by atoms with E-state index in [1.807, 2.05) is 22.6 Å². The largest absolute Gasteiger partial charge is 0.397 e. The van der Waals surface area contributed by atoms with Crippen LogP contribution in [0.1, 0.15) is 32.1 Å². The molecule has 116 valence electrons. The van der Waals surface area contributed by atoms with Gasteiger partial charge in [0.2, 0.25) is 0 Å². The lowest BCUT2D eigenvalue weighted by Gasteiger charge is -2.41. The minimum Gasteiger partial charge on any atom is -0.397 e. The fourth-order valence-electron chi connectivity index (χ4n) is 3.58. The summed E-state index contributed by atoms with van der Waals surface area (Å²) < 4.78 is 14.4. The summed E-state index contributed by atoms with van der Waals surface area (Å²) in [7, 11) is 0. The highest BCUT2D eigenvalue weighted by Crippen LogP contribution is 2.31. The Bertz CT molecular complexity index is 495. The molecule has 2 fully saturated rings. The number of nitrogens with zero attached hydrogens (tertiary/aromatic N) is 2. The lowest BCUT2D eigenvalue weighted by atomic mass is 9.99. The molecule has 0 atom stereocenters. The van der Waals surface area contributed by atoms with Crippen molar-refractivity contribution in [3.05, 3.63) is 21.5 Å². The minimum atomic E-state index is -0.169. The highest BCUT2D eigenvalue weighted by atomic mass is 127. The van der Waals surface area contributed by atoms with Gasteiger partial charge < -0.3 is 15.5 Å². The second-order valence-corrected chi connectivity index (χ2v) is 7.30. The Morgan fingerprint density at radius 1 is 1.05 bits per heavy atom. The van der Waals surface area contributed by atoms with Crippen molar-refractivity contribution < 1.29 is 4.39 Å². The van der Waals surface area contributed by atoms with E-state index in [1.165, 1.54) is 32.4 Å². The van der Waals surface area contributed by atoms with Crippen LogP contribution >= 0.6 is 22.6 Å². The standard InChI is InChI=1S/C16H23FIN3/c17-13-10-16(15(19)11-14(13)18)21-8-4-12(5-9-21)20-6-2-1-3-7-20/h10-12H,1-9,19H2. The molecular weight excluding hydrogens is 380 g/mol. The van der Waals surface area contributed by atoms with Crippen molar-refractivity contribution >= 4 is 34.0 Å². The Labute approximate surface area is 139 Å². The number of benzene rings is 1. The summed E-state index contributed by atoms with van der Waals surface area (Å²) in [6.07, 6.45) is 6.39. The molecule has 2 saturated heterocycles. The van der Waals surface area contributed by atoms with Crippen LogP contribution in [0.15, 0.2) is 12.1 Å². The lowest BCUT2D eigenvalue weighted by Crippen LogP contribution is -2.46. The van der Waals surface area contributed by atoms with Gasteiger partial charge in [-0.3, -0.25) is 0 Å². The summed E-state index contributed by atoms with van der Waals surface area (Å²) in [4.78, 5) is 4.90. The van der Waals surface area contributed by atoms with Crippen LogP contribution in [0, 0.1) is 9.39 Å². The molecule has 0 aliphatic carbocycles. The second-order valence-electron chi connectivity index (χ2n) is 6.14. The summed E-state index contributed by atoms with van der Waals surface area (Å²) in [5, 5.41) is 0. The third-order valence-corrected chi connectivity index (χ3v) is 5.61. The number of nitrogens with two attached hydrogens (primary N) is 1. The number of likely N-dealkylation sites (tertiary alicyclic amines) is 1. The van der Waals surface area contributed by atoms with Gasteiger partial charge in [0, 0.05) is 25.2 Å². The molecular formula is C16H23FIN3. The van der Waals surface area contributed by atoms with Crippen molar-refractivity contribution in [2.24, 2.45) is 0 Å². The number of rotatable bonds is 2. The summed E-state index contributed by atoms with van der Waals surface area (Å²) in [5.74, 6) is -0.169. The molecule has 0 amide bonds. The summed E-state index contributed by atoms with van der Waals surface area (Å²) in [6, 6.07) is 4.04. The molecule has 0 aromatic heterocycles. The molecule has 2 aliphatic rings. The van der Waals surface area contributed by atoms with Gasteiger partial charge in [0.15, 0.2) is 0 Å². The van der Waals surface area contributed by atoms with Crippen molar-refractivity contribution in [3.63, 3.8) is 0 Å². The molecule has 3 rings (SSSR count). The van der Waals surface area contributed by atoms with Gasteiger partial charge in [0.25, 0.3) is 0 Å². The van der Waals surface area contributed by atoms with Crippen LogP contribution in [0.4, 0.5) is 15.8 Å². The molecule has 2 heterocycles. The van der Waals surface area contributed by atoms with E-state index in [2.05, 4.69) is 9.80 Å². The van der Waals surface area contributed by atoms with E-state index in [9.17, 15) is 4.39 Å². The normalized spacial score (nSPS) is 21.7. The van der Waals surface area contributed by atoms with Gasteiger partial charge in [-0.1, -0.05) is 6.42 Å². The molecule has 0 spiro atoms. The van der Waals surface area contributed by atoms with E-state index in [4.69, 9.17) is 5.73 Å². The van der Waals surface area contributed by atoms with Crippen LogP contribution in [-0.2, 0) is 0 Å². The maximum absolute atomic E-state index is 13.8. The first kappa shape index (κ1) is 15.3. The first-order valence-corrected chi connectivity index (χ1v) is 8.96. The predicted molar refractivity (Wildman–Crippen MR) is 94.2 cm³/mol. The Hall–Kier alpha value is -0.560. The quantitative estimate of drug-likeness (QED) is 0.607. The van der Waals surface area contributed by atoms with Crippen molar-refractivity contribution in [2.75, 3.05) is 36.8 Å². The first-order chi connectivity index (χ1) is 10.1. The zero-order chi connectivity index (χ0) is 14.8. The van der Waals surface area contributed by atoms with E-state index in [0.717, 1.165) is 31.6 Å². The summed E-state index contributed by atoms with van der Waals surface area (Å²) in [6.45, 7) is 4.47. The van der Waals surface area contributed by atoms with Crippen LogP contribution in [0.5, 0.6) is 0 Å². The van der Waals surface area contributed by atoms with Gasteiger partial charge in [-0.05, 0) is 67.4 Å². The molecule has 5 heteroatoms. The predicted octanol–water partition coefficient (Wildman–Crippen LogP) is 3.47. The Morgan fingerprint density at radius 3 is 2.38 bits per heavy atom. The van der Waals surface area contributed by atoms with E-state index in [0.29, 0.717) is 15.3 Å². The van der Waals surface area contributed by atoms with Gasteiger partial charge in [-0.2, -0.15) is 0 Å². The van der Waals surface area contributed by atoms with E-state index >= 15 is 0 Å². The lowest BCUT2D eigenvalue weighted by molar-refractivity contribution is 0.141. The average molecular weight is 403 g/mol. The molecule has 2 aliphatic heterocycles. The number of nitrogen functional groups attached to an aromatic ring is 1. The van der Waals surface area contributed by atoms with Crippen LogP contribution in [0.3, 0.4) is 0 Å². The maximum Gasteiger partial charge on any atom is 0.138 e. The Balaban J connectivity index is 1.64. The Morgan fingerprint density at radius 2 is 1.71 bits per heavy atom. The molecule has 0 unspecified atom stereocenters. The van der Waals surface area contributed by atoms with Crippen molar-refractivity contribution in [3.8, 4) is 0 Å². The van der Waals surface area contributed by atoms with Gasteiger partial charge in [0.1, 0.15) is 5.82 Å². The molecule has 0 saturated carbocycles. The number of piperidine rings is 2. The third kappa shape index (κ3) is 3.44. The fourth-order valence-corrected chi connectivity index (χ4v) is 4.07. The first-order valence-electron chi connectivity index (χ1n) is 7.88. The maximum atomic E-state index is 13.8. The molecule has 3 nitrogen and oxygen atoms in total. The molecule has 2 N–H and O–H groups in total. The minimum absolute atomic E-state index is 0.169. The molecule has 21 heavy (non-hydrogen) atoms. The smallest absolute Gasteiger partial charge is 0.138 e. The number of anilines is 2. The fraction of sp³-hybridized carbons (Fsp3) is 0.625. The van der Waals surface area contributed by atoms with E-state index in [-0.39, 0.29) is 5.82 Å². The van der Waals surface area contributed by atoms with Crippen LogP contribution in [0.2, 0.25) is 0 Å². The topological polar surface area (TPSA) is 32.5 Å². The highest BCUT2D eigenvalue weighted by Gasteiger charge is 2.26. The molecule has 0 bridgehead atoms. The van der Waals surface area contributed by atoms with Crippen LogP contribution in [-0.4, -0.2) is 37.1 Å². The van der Waals surface area contributed by atoms with Crippen LogP contribution < -0.4 is 10.6 Å². The molecule has 1 aromatic carbocycles. The summed E-state index contributed by atoms with van der Waals surface area (Å²) >= 11 is 1.99. The monoisotopic (exact) mass is 403 g/mol. The van der Waals surface area contributed by atoms with Crippen molar-refractivity contribution in [1.29, 1.82) is 0 Å².